The predicted octanol–water partition coefficient (Wildman–Crippen LogP) is 5.45. The first kappa shape index (κ1) is 14.3. The Labute approximate surface area is 107 Å². The highest BCUT2D eigenvalue weighted by atomic mass is 14.1. The summed E-state index contributed by atoms with van der Waals surface area (Å²) >= 11 is 0. The van der Waals surface area contributed by atoms with Crippen molar-refractivity contribution in [1.29, 1.82) is 0 Å². The van der Waals surface area contributed by atoms with Crippen LogP contribution in [0.4, 0.5) is 0 Å². The maximum absolute atomic E-state index is 2.40. The van der Waals surface area contributed by atoms with E-state index in [1.165, 1.54) is 55.2 Å². The van der Waals surface area contributed by atoms with E-state index in [2.05, 4.69) is 45.9 Å². The maximum Gasteiger partial charge on any atom is -0.0279 e. The van der Waals surface area contributed by atoms with Crippen LogP contribution in [0.1, 0.15) is 62.6 Å². The molecule has 0 aliphatic rings. The summed E-state index contributed by atoms with van der Waals surface area (Å²) in [5.41, 5.74) is 4.32. The van der Waals surface area contributed by atoms with Gasteiger partial charge in [-0.2, -0.15) is 0 Å². The Kier molecular flexibility index (Phi) is 6.32. The molecule has 0 amide bonds. The van der Waals surface area contributed by atoms with Crippen LogP contribution >= 0.6 is 0 Å². The second-order valence-corrected chi connectivity index (χ2v) is 5.64. The summed E-state index contributed by atoms with van der Waals surface area (Å²) in [5, 5.41) is 0. The van der Waals surface area contributed by atoms with E-state index in [9.17, 15) is 0 Å². The minimum absolute atomic E-state index is 0.904. The molecule has 1 aromatic carbocycles. The number of unbranched alkanes of at least 4 members (excludes halogenated alkanes) is 1. The van der Waals surface area contributed by atoms with Gasteiger partial charge in [0, 0.05) is 0 Å². The van der Waals surface area contributed by atoms with Gasteiger partial charge in [0.1, 0.15) is 0 Å². The molecule has 0 aliphatic carbocycles. The first-order chi connectivity index (χ1) is 8.11. The molecule has 1 aromatic rings. The molecule has 0 saturated heterocycles. The number of aryl methyl sites for hydroxylation is 3. The Hall–Kier alpha value is -0.780. The average Bonchev–Trinajstić information content (AvgIpc) is 2.25. The van der Waals surface area contributed by atoms with Gasteiger partial charge in [0.25, 0.3) is 0 Å². The van der Waals surface area contributed by atoms with E-state index in [1.807, 2.05) is 0 Å². The molecule has 0 bridgehead atoms. The lowest BCUT2D eigenvalue weighted by Crippen LogP contribution is -1.96. The maximum atomic E-state index is 2.40. The number of hydrogen-bond donors (Lipinski definition) is 0. The third-order valence-electron chi connectivity index (χ3n) is 3.49. The Morgan fingerprint density at radius 2 is 1.53 bits per heavy atom. The highest BCUT2D eigenvalue weighted by molar-refractivity contribution is 5.28. The highest BCUT2D eigenvalue weighted by Crippen LogP contribution is 2.17. The largest absolute Gasteiger partial charge is 0.0654 e. The van der Waals surface area contributed by atoms with Gasteiger partial charge < -0.3 is 0 Å². The summed E-state index contributed by atoms with van der Waals surface area (Å²) in [6, 6.07) is 6.93. The lowest BCUT2D eigenvalue weighted by molar-refractivity contribution is 0.457. The van der Waals surface area contributed by atoms with Crippen molar-refractivity contribution >= 4 is 0 Å². The second-order valence-electron chi connectivity index (χ2n) is 5.64. The number of rotatable bonds is 7. The van der Waals surface area contributed by atoms with Gasteiger partial charge in [-0.05, 0) is 38.2 Å². The van der Waals surface area contributed by atoms with E-state index >= 15 is 0 Å². The molecule has 1 rings (SSSR count). The summed E-state index contributed by atoms with van der Waals surface area (Å²) in [7, 11) is 0. The molecule has 0 heterocycles. The van der Waals surface area contributed by atoms with Crippen molar-refractivity contribution in [2.24, 2.45) is 5.92 Å². The van der Waals surface area contributed by atoms with Crippen molar-refractivity contribution in [2.75, 3.05) is 0 Å². The molecule has 0 aromatic heterocycles. The van der Waals surface area contributed by atoms with Gasteiger partial charge in [-0.1, -0.05) is 68.9 Å². The molecule has 0 nitrogen and oxygen atoms in total. The van der Waals surface area contributed by atoms with Crippen molar-refractivity contribution in [3.8, 4) is 0 Å². The van der Waals surface area contributed by atoms with E-state index in [-0.39, 0.29) is 0 Å². The van der Waals surface area contributed by atoms with E-state index in [1.54, 1.807) is 0 Å². The van der Waals surface area contributed by atoms with E-state index in [0.717, 1.165) is 5.92 Å². The van der Waals surface area contributed by atoms with Crippen molar-refractivity contribution < 1.29 is 0 Å². The van der Waals surface area contributed by atoms with Gasteiger partial charge in [-0.15, -0.1) is 0 Å². The molecule has 0 fully saturated rings. The topological polar surface area (TPSA) is 0 Å². The van der Waals surface area contributed by atoms with Crippen LogP contribution in [-0.4, -0.2) is 0 Å². The van der Waals surface area contributed by atoms with Gasteiger partial charge >= 0.3 is 0 Å². The molecule has 17 heavy (non-hydrogen) atoms. The highest BCUT2D eigenvalue weighted by Gasteiger charge is 2.02. The summed E-state index contributed by atoms with van der Waals surface area (Å²) in [5.74, 6) is 0.904. The van der Waals surface area contributed by atoms with Crippen LogP contribution in [0, 0.1) is 19.8 Å². The quantitative estimate of drug-likeness (QED) is 0.586. The van der Waals surface area contributed by atoms with Gasteiger partial charge in [-0.3, -0.25) is 0 Å². The predicted molar refractivity (Wildman–Crippen MR) is 77.5 cm³/mol. The number of hydrogen-bond acceptors (Lipinski definition) is 0. The molecule has 0 aliphatic heterocycles. The minimum Gasteiger partial charge on any atom is -0.0654 e. The van der Waals surface area contributed by atoms with Crippen LogP contribution in [0.15, 0.2) is 18.2 Å². The Bertz CT molecular complexity index is 305. The molecule has 96 valence electrons. The van der Waals surface area contributed by atoms with Crippen LogP contribution in [0.25, 0.3) is 0 Å². The van der Waals surface area contributed by atoms with Gasteiger partial charge in [0.05, 0.1) is 0 Å². The molecule has 1 atom stereocenters. The standard InChI is InChI=1S/C17H28/c1-5-6-8-14(2)9-7-10-17-12-15(3)11-16(4)13-17/h11-14H,5-10H2,1-4H3. The van der Waals surface area contributed by atoms with Crippen LogP contribution < -0.4 is 0 Å². The average molecular weight is 232 g/mol. The Balaban J connectivity index is 2.30. The Morgan fingerprint density at radius 3 is 2.12 bits per heavy atom. The fraction of sp³-hybridized carbons (Fsp3) is 0.647. The molecular weight excluding hydrogens is 204 g/mol. The molecule has 0 radical (unpaired) electrons. The number of benzene rings is 1. The monoisotopic (exact) mass is 232 g/mol. The van der Waals surface area contributed by atoms with Crippen LogP contribution in [0.3, 0.4) is 0 Å². The van der Waals surface area contributed by atoms with Crippen LogP contribution in [0.2, 0.25) is 0 Å². The summed E-state index contributed by atoms with van der Waals surface area (Å²) < 4.78 is 0. The van der Waals surface area contributed by atoms with E-state index < -0.39 is 0 Å². The fourth-order valence-corrected chi connectivity index (χ4v) is 2.56. The zero-order chi connectivity index (χ0) is 12.7. The van der Waals surface area contributed by atoms with E-state index in [4.69, 9.17) is 0 Å². The summed E-state index contributed by atoms with van der Waals surface area (Å²) in [4.78, 5) is 0. The zero-order valence-corrected chi connectivity index (χ0v) is 12.1. The molecule has 1 unspecified atom stereocenters. The van der Waals surface area contributed by atoms with Crippen LogP contribution in [-0.2, 0) is 6.42 Å². The minimum atomic E-state index is 0.904. The van der Waals surface area contributed by atoms with E-state index in [0.29, 0.717) is 0 Å². The SMILES string of the molecule is CCCCC(C)CCCc1cc(C)cc(C)c1. The smallest absolute Gasteiger partial charge is 0.0279 e. The molecule has 0 spiro atoms. The molecular formula is C17H28. The molecule has 0 heteroatoms. The van der Waals surface area contributed by atoms with Crippen molar-refractivity contribution in [1.82, 2.24) is 0 Å². The van der Waals surface area contributed by atoms with Crippen molar-refractivity contribution in [3.05, 3.63) is 34.9 Å². The third kappa shape index (κ3) is 5.91. The normalized spacial score (nSPS) is 12.7. The second kappa shape index (κ2) is 7.53. The van der Waals surface area contributed by atoms with Crippen molar-refractivity contribution in [2.45, 2.75) is 66.2 Å². The first-order valence-electron chi connectivity index (χ1n) is 7.19. The molecule has 0 N–H and O–H groups in total. The Morgan fingerprint density at radius 1 is 0.941 bits per heavy atom. The lowest BCUT2D eigenvalue weighted by Gasteiger charge is -2.11. The van der Waals surface area contributed by atoms with Gasteiger partial charge in [0.15, 0.2) is 0 Å². The fourth-order valence-electron chi connectivity index (χ4n) is 2.56. The van der Waals surface area contributed by atoms with Crippen LogP contribution in [0.5, 0.6) is 0 Å². The van der Waals surface area contributed by atoms with Gasteiger partial charge in [-0.25, -0.2) is 0 Å². The first-order valence-corrected chi connectivity index (χ1v) is 7.19. The molecule has 0 saturated carbocycles. The summed E-state index contributed by atoms with van der Waals surface area (Å²) in [6.45, 7) is 9.07. The lowest BCUT2D eigenvalue weighted by atomic mass is 9.95. The zero-order valence-electron chi connectivity index (χ0n) is 12.1. The third-order valence-corrected chi connectivity index (χ3v) is 3.49. The van der Waals surface area contributed by atoms with Gasteiger partial charge in [0.2, 0.25) is 0 Å². The summed E-state index contributed by atoms with van der Waals surface area (Å²) in [6.07, 6.45) is 8.11. The van der Waals surface area contributed by atoms with Crippen molar-refractivity contribution in [3.63, 3.8) is 0 Å².